The van der Waals surface area contributed by atoms with E-state index in [2.05, 4.69) is 17.2 Å². The minimum absolute atomic E-state index is 0.126. The van der Waals surface area contributed by atoms with Crippen molar-refractivity contribution < 1.29 is 4.74 Å². The first-order valence-electron chi connectivity index (χ1n) is 6.98. The Morgan fingerprint density at radius 1 is 1.35 bits per heavy atom. The normalized spacial score (nSPS) is 22.1. The summed E-state index contributed by atoms with van der Waals surface area (Å²) in [5, 5.41) is 3.37. The lowest BCUT2D eigenvalue weighted by Crippen LogP contribution is -2.19. The van der Waals surface area contributed by atoms with E-state index in [0.29, 0.717) is 12.2 Å². The maximum atomic E-state index is 11.5. The molecule has 2 N–H and O–H groups in total. The van der Waals surface area contributed by atoms with Crippen molar-refractivity contribution in [2.24, 2.45) is 0 Å². The second-order valence-electron chi connectivity index (χ2n) is 5.21. The van der Waals surface area contributed by atoms with Crippen molar-refractivity contribution in [3.63, 3.8) is 0 Å². The lowest BCUT2D eigenvalue weighted by molar-refractivity contribution is 0.0637. The predicted octanol–water partition coefficient (Wildman–Crippen LogP) is 2.14. The molecule has 0 aliphatic carbocycles. The number of nitrogens with one attached hydrogen (secondary N) is 2. The van der Waals surface area contributed by atoms with Crippen LogP contribution in [-0.2, 0) is 4.74 Å². The van der Waals surface area contributed by atoms with E-state index in [9.17, 15) is 4.79 Å². The summed E-state index contributed by atoms with van der Waals surface area (Å²) < 4.78 is 7.34. The molecule has 5 nitrogen and oxygen atoms in total. The molecule has 0 amide bonds. The Morgan fingerprint density at radius 2 is 2.15 bits per heavy atom. The Labute approximate surface area is 117 Å². The van der Waals surface area contributed by atoms with Crippen molar-refractivity contribution in [1.82, 2.24) is 9.55 Å². The molecule has 1 aromatic carbocycles. The highest BCUT2D eigenvalue weighted by molar-refractivity contribution is 5.48. The zero-order valence-corrected chi connectivity index (χ0v) is 11.5. The van der Waals surface area contributed by atoms with Crippen LogP contribution in [0.3, 0.4) is 0 Å². The highest BCUT2D eigenvalue weighted by atomic mass is 16.5. The van der Waals surface area contributed by atoms with Crippen molar-refractivity contribution >= 4 is 5.69 Å². The summed E-state index contributed by atoms with van der Waals surface area (Å²) in [5.41, 5.74) is 1.77. The highest BCUT2D eigenvalue weighted by Gasteiger charge is 2.21. The van der Waals surface area contributed by atoms with Crippen LogP contribution in [0, 0.1) is 0 Å². The van der Waals surface area contributed by atoms with Gasteiger partial charge in [0.2, 0.25) is 0 Å². The van der Waals surface area contributed by atoms with Gasteiger partial charge in [-0.05, 0) is 44.0 Å². The minimum atomic E-state index is -0.126. The van der Waals surface area contributed by atoms with Gasteiger partial charge in [0.05, 0.1) is 17.9 Å². The molecule has 1 aliphatic rings. The first-order chi connectivity index (χ1) is 9.72. The van der Waals surface area contributed by atoms with E-state index < -0.39 is 0 Å². The number of imidazole rings is 1. The minimum Gasteiger partial charge on any atom is -0.382 e. The lowest BCUT2D eigenvalue weighted by Gasteiger charge is -2.13. The first-order valence-corrected chi connectivity index (χ1v) is 6.98. The quantitative estimate of drug-likeness (QED) is 0.897. The van der Waals surface area contributed by atoms with Gasteiger partial charge in [0.1, 0.15) is 0 Å². The molecule has 2 heterocycles. The summed E-state index contributed by atoms with van der Waals surface area (Å²) in [6.07, 6.45) is 6.29. The zero-order chi connectivity index (χ0) is 13.9. The van der Waals surface area contributed by atoms with Crippen LogP contribution in [0.2, 0.25) is 0 Å². The summed E-state index contributed by atoms with van der Waals surface area (Å²) >= 11 is 0. The topological polar surface area (TPSA) is 59.0 Å². The highest BCUT2D eigenvalue weighted by Crippen LogP contribution is 2.20. The van der Waals surface area contributed by atoms with Gasteiger partial charge < -0.3 is 15.0 Å². The van der Waals surface area contributed by atoms with E-state index in [0.717, 1.165) is 30.8 Å². The Kier molecular flexibility index (Phi) is 3.60. The molecular formula is C15H19N3O2. The molecule has 1 aliphatic heterocycles. The van der Waals surface area contributed by atoms with Gasteiger partial charge in [-0.15, -0.1) is 0 Å². The SMILES string of the molecule is CC1CCC(CNc2ccc(-n3cc[nH]c3=O)cc2)O1. The lowest BCUT2D eigenvalue weighted by atomic mass is 10.2. The molecule has 1 saturated heterocycles. The Balaban J connectivity index is 1.62. The van der Waals surface area contributed by atoms with Crippen LogP contribution in [0.5, 0.6) is 0 Å². The Hall–Kier alpha value is -2.01. The van der Waals surface area contributed by atoms with E-state index in [1.807, 2.05) is 24.3 Å². The number of rotatable bonds is 4. The van der Waals surface area contributed by atoms with E-state index in [1.54, 1.807) is 17.0 Å². The van der Waals surface area contributed by atoms with E-state index in [-0.39, 0.29) is 5.69 Å². The third-order valence-electron chi connectivity index (χ3n) is 3.65. The Bertz CT molecular complexity index is 615. The second kappa shape index (κ2) is 5.54. The molecule has 3 rings (SSSR count). The van der Waals surface area contributed by atoms with Crippen molar-refractivity contribution in [3.05, 3.63) is 47.1 Å². The number of ether oxygens (including phenoxy) is 1. The van der Waals surface area contributed by atoms with E-state index >= 15 is 0 Å². The van der Waals surface area contributed by atoms with E-state index in [1.165, 1.54) is 0 Å². The molecular weight excluding hydrogens is 254 g/mol. The number of H-pyrrole nitrogens is 1. The molecule has 106 valence electrons. The van der Waals surface area contributed by atoms with Crippen molar-refractivity contribution in [3.8, 4) is 5.69 Å². The molecule has 2 aromatic rings. The van der Waals surface area contributed by atoms with Crippen molar-refractivity contribution in [2.45, 2.75) is 32.0 Å². The second-order valence-corrected chi connectivity index (χ2v) is 5.21. The van der Waals surface area contributed by atoms with Gasteiger partial charge in [0.15, 0.2) is 0 Å². The van der Waals surface area contributed by atoms with E-state index in [4.69, 9.17) is 4.74 Å². The fraction of sp³-hybridized carbons (Fsp3) is 0.400. The summed E-state index contributed by atoms with van der Waals surface area (Å²) in [5.74, 6) is 0. The van der Waals surface area contributed by atoms with Gasteiger partial charge >= 0.3 is 5.69 Å². The fourth-order valence-electron chi connectivity index (χ4n) is 2.53. The monoisotopic (exact) mass is 273 g/mol. The van der Waals surface area contributed by atoms with Gasteiger partial charge in [-0.25, -0.2) is 4.79 Å². The average Bonchev–Trinajstić information content (AvgIpc) is 3.06. The van der Waals surface area contributed by atoms with Crippen LogP contribution in [0.1, 0.15) is 19.8 Å². The number of benzene rings is 1. The third-order valence-corrected chi connectivity index (χ3v) is 3.65. The standard InChI is InChI=1S/C15H19N3O2/c1-11-2-7-14(20-11)10-17-12-3-5-13(6-4-12)18-9-8-16-15(18)19/h3-6,8-9,11,14,17H,2,7,10H2,1H3,(H,16,19). The maximum absolute atomic E-state index is 11.5. The third kappa shape index (κ3) is 2.77. The molecule has 2 atom stereocenters. The summed E-state index contributed by atoms with van der Waals surface area (Å²) in [7, 11) is 0. The molecule has 0 radical (unpaired) electrons. The predicted molar refractivity (Wildman–Crippen MR) is 78.4 cm³/mol. The largest absolute Gasteiger partial charge is 0.382 e. The van der Waals surface area contributed by atoms with Crippen molar-refractivity contribution in [1.29, 1.82) is 0 Å². The molecule has 1 fully saturated rings. The fourth-order valence-corrected chi connectivity index (χ4v) is 2.53. The van der Waals surface area contributed by atoms with Crippen LogP contribution >= 0.6 is 0 Å². The number of aromatic amines is 1. The first kappa shape index (κ1) is 13.0. The summed E-state index contributed by atoms with van der Waals surface area (Å²) in [6, 6.07) is 7.81. The molecule has 0 bridgehead atoms. The van der Waals surface area contributed by atoms with Crippen molar-refractivity contribution in [2.75, 3.05) is 11.9 Å². The molecule has 20 heavy (non-hydrogen) atoms. The molecule has 0 saturated carbocycles. The summed E-state index contributed by atoms with van der Waals surface area (Å²) in [6.45, 7) is 2.94. The molecule has 2 unspecified atom stereocenters. The van der Waals surface area contributed by atoms with Crippen LogP contribution in [0.15, 0.2) is 41.5 Å². The zero-order valence-electron chi connectivity index (χ0n) is 11.5. The number of anilines is 1. The van der Waals surface area contributed by atoms with Gasteiger partial charge in [-0.3, -0.25) is 4.57 Å². The number of nitrogens with zero attached hydrogens (tertiary/aromatic N) is 1. The van der Waals surface area contributed by atoms with Crippen LogP contribution in [0.4, 0.5) is 5.69 Å². The smallest absolute Gasteiger partial charge is 0.330 e. The van der Waals surface area contributed by atoms with Gasteiger partial charge in [0, 0.05) is 24.6 Å². The number of hydrogen-bond donors (Lipinski definition) is 2. The molecule has 0 spiro atoms. The number of hydrogen-bond acceptors (Lipinski definition) is 3. The maximum Gasteiger partial charge on any atom is 0.330 e. The average molecular weight is 273 g/mol. The van der Waals surface area contributed by atoms with Crippen LogP contribution in [0.25, 0.3) is 5.69 Å². The Morgan fingerprint density at radius 3 is 2.75 bits per heavy atom. The van der Waals surface area contributed by atoms with Gasteiger partial charge in [-0.1, -0.05) is 0 Å². The van der Waals surface area contributed by atoms with Gasteiger partial charge in [0.25, 0.3) is 0 Å². The summed E-state index contributed by atoms with van der Waals surface area (Å²) in [4.78, 5) is 14.1. The van der Waals surface area contributed by atoms with Crippen LogP contribution < -0.4 is 11.0 Å². The molecule has 5 heteroatoms. The number of aromatic nitrogens is 2. The van der Waals surface area contributed by atoms with Crippen LogP contribution in [-0.4, -0.2) is 28.3 Å². The molecule has 1 aromatic heterocycles. The van der Waals surface area contributed by atoms with Gasteiger partial charge in [-0.2, -0.15) is 0 Å².